The van der Waals surface area contributed by atoms with Crippen LogP contribution in [0.1, 0.15) is 32.3 Å². The zero-order valence-corrected chi connectivity index (χ0v) is 16.1. The fraction of sp³-hybridized carbons (Fsp3) is 0.550. The largest absolute Gasteiger partial charge is 0.480 e. The van der Waals surface area contributed by atoms with Crippen LogP contribution < -0.4 is 5.32 Å². The van der Waals surface area contributed by atoms with Crippen LogP contribution in [0.4, 0.5) is 0 Å². The lowest BCUT2D eigenvalue weighted by Crippen LogP contribution is -2.51. The Bertz CT molecular complexity index is 650. The second-order valence-corrected chi connectivity index (χ2v) is 7.09. The lowest BCUT2D eigenvalue weighted by Gasteiger charge is -2.36. The summed E-state index contributed by atoms with van der Waals surface area (Å²) in [5.41, 5.74) is 1.20. The molecular formula is C20H29N3O4. The van der Waals surface area contributed by atoms with E-state index in [1.54, 1.807) is 0 Å². The lowest BCUT2D eigenvalue weighted by atomic mass is 9.95. The molecule has 0 bridgehead atoms. The smallest absolute Gasteiger partial charge is 0.326 e. The predicted molar refractivity (Wildman–Crippen MR) is 102 cm³/mol. The molecule has 0 radical (unpaired) electrons. The molecule has 2 rings (SSSR count). The number of piperidine rings is 1. The number of amides is 2. The summed E-state index contributed by atoms with van der Waals surface area (Å²) in [7, 11) is 0. The van der Waals surface area contributed by atoms with Gasteiger partial charge in [-0.05, 0) is 31.9 Å². The van der Waals surface area contributed by atoms with Crippen molar-refractivity contribution in [3.05, 3.63) is 35.9 Å². The van der Waals surface area contributed by atoms with Crippen LogP contribution in [-0.4, -0.2) is 64.9 Å². The monoisotopic (exact) mass is 375 g/mol. The second kappa shape index (κ2) is 10.1. The van der Waals surface area contributed by atoms with Crippen molar-refractivity contribution in [3.63, 3.8) is 0 Å². The maximum absolute atomic E-state index is 13.0. The van der Waals surface area contributed by atoms with Gasteiger partial charge in [0.25, 0.3) is 0 Å². The van der Waals surface area contributed by atoms with E-state index in [-0.39, 0.29) is 30.8 Å². The molecule has 7 nitrogen and oxygen atoms in total. The summed E-state index contributed by atoms with van der Waals surface area (Å²) in [4.78, 5) is 39.2. The first-order valence-corrected chi connectivity index (χ1v) is 9.42. The number of hydrogen-bond donors (Lipinski definition) is 2. The average Bonchev–Trinajstić information content (AvgIpc) is 2.65. The van der Waals surface area contributed by atoms with E-state index in [9.17, 15) is 19.5 Å². The number of nitrogens with one attached hydrogen (secondary N) is 1. The molecule has 27 heavy (non-hydrogen) atoms. The molecule has 1 heterocycles. The number of carboxylic acid groups (broad SMARTS) is 1. The molecule has 2 atom stereocenters. The summed E-state index contributed by atoms with van der Waals surface area (Å²) in [5.74, 6) is -1.60. The standard InChI is InChI=1S/C20H29N3O4/c1-15(20(26)27)23(12-10-21-16(2)24)19(25)18-9-6-11-22(14-18)13-17-7-4-3-5-8-17/h3-5,7-8,15,18H,6,9-14H2,1-2H3,(H,21,24)(H,26,27). The van der Waals surface area contributed by atoms with Crippen LogP contribution in [0.3, 0.4) is 0 Å². The maximum atomic E-state index is 13.0. The molecule has 2 amide bonds. The fourth-order valence-electron chi connectivity index (χ4n) is 3.46. The highest BCUT2D eigenvalue weighted by Crippen LogP contribution is 2.21. The number of carboxylic acids is 1. The Hall–Kier alpha value is -2.41. The van der Waals surface area contributed by atoms with Crippen LogP contribution in [0.5, 0.6) is 0 Å². The number of carbonyl (C=O) groups excluding carboxylic acids is 2. The highest BCUT2D eigenvalue weighted by Gasteiger charge is 2.33. The van der Waals surface area contributed by atoms with Gasteiger partial charge in [0, 0.05) is 33.1 Å². The molecule has 1 aromatic carbocycles. The van der Waals surface area contributed by atoms with Crippen LogP contribution in [0.25, 0.3) is 0 Å². The quantitative estimate of drug-likeness (QED) is 0.716. The van der Waals surface area contributed by atoms with Crippen molar-refractivity contribution in [2.75, 3.05) is 26.2 Å². The summed E-state index contributed by atoms with van der Waals surface area (Å²) >= 11 is 0. The molecule has 2 unspecified atom stereocenters. The van der Waals surface area contributed by atoms with Gasteiger partial charge in [0.2, 0.25) is 11.8 Å². The first-order valence-electron chi connectivity index (χ1n) is 9.42. The maximum Gasteiger partial charge on any atom is 0.326 e. The molecule has 1 saturated heterocycles. The molecule has 1 aromatic rings. The third-order valence-corrected chi connectivity index (χ3v) is 4.94. The van der Waals surface area contributed by atoms with Crippen molar-refractivity contribution in [3.8, 4) is 0 Å². The minimum absolute atomic E-state index is 0.145. The molecule has 1 aliphatic rings. The van der Waals surface area contributed by atoms with Crippen molar-refractivity contribution < 1.29 is 19.5 Å². The van der Waals surface area contributed by atoms with E-state index in [2.05, 4.69) is 22.3 Å². The molecule has 148 valence electrons. The predicted octanol–water partition coefficient (Wildman–Crippen LogP) is 1.34. The van der Waals surface area contributed by atoms with E-state index in [0.29, 0.717) is 6.54 Å². The van der Waals surface area contributed by atoms with Gasteiger partial charge in [0.15, 0.2) is 0 Å². The Labute approximate surface area is 160 Å². The number of rotatable bonds is 8. The molecule has 7 heteroatoms. The van der Waals surface area contributed by atoms with Gasteiger partial charge >= 0.3 is 5.97 Å². The first-order chi connectivity index (χ1) is 12.9. The Morgan fingerprint density at radius 1 is 1.30 bits per heavy atom. The molecular weight excluding hydrogens is 346 g/mol. The van der Waals surface area contributed by atoms with Gasteiger partial charge in [-0.3, -0.25) is 14.5 Å². The van der Waals surface area contributed by atoms with Crippen LogP contribution in [0.2, 0.25) is 0 Å². The number of aliphatic carboxylic acids is 1. The van der Waals surface area contributed by atoms with Gasteiger partial charge in [-0.25, -0.2) is 4.79 Å². The number of carbonyl (C=O) groups is 3. The average molecular weight is 375 g/mol. The Kier molecular flexibility index (Phi) is 7.79. The van der Waals surface area contributed by atoms with Crippen molar-refractivity contribution in [1.82, 2.24) is 15.1 Å². The third kappa shape index (κ3) is 6.36. The van der Waals surface area contributed by atoms with E-state index in [0.717, 1.165) is 25.9 Å². The molecule has 2 N–H and O–H groups in total. The SMILES string of the molecule is CC(=O)NCCN(C(=O)C1CCCN(Cc2ccccc2)C1)C(C)C(=O)O. The van der Waals surface area contributed by atoms with Crippen LogP contribution >= 0.6 is 0 Å². The van der Waals surface area contributed by atoms with E-state index in [1.165, 1.54) is 24.3 Å². The fourth-order valence-corrected chi connectivity index (χ4v) is 3.46. The molecule has 0 saturated carbocycles. The van der Waals surface area contributed by atoms with Crippen molar-refractivity contribution in [2.45, 2.75) is 39.3 Å². The van der Waals surface area contributed by atoms with E-state index in [4.69, 9.17) is 0 Å². The number of likely N-dealkylation sites (tertiary alicyclic amines) is 1. The summed E-state index contributed by atoms with van der Waals surface area (Å²) in [6.07, 6.45) is 1.66. The minimum Gasteiger partial charge on any atom is -0.480 e. The molecule has 0 aliphatic carbocycles. The van der Waals surface area contributed by atoms with Gasteiger partial charge in [0.05, 0.1) is 5.92 Å². The van der Waals surface area contributed by atoms with Crippen LogP contribution in [0.15, 0.2) is 30.3 Å². The molecule has 0 spiro atoms. The topological polar surface area (TPSA) is 90.0 Å². The number of benzene rings is 1. The summed E-state index contributed by atoms with van der Waals surface area (Å²) in [6.45, 7) is 5.69. The summed E-state index contributed by atoms with van der Waals surface area (Å²) in [5, 5.41) is 12.0. The van der Waals surface area contributed by atoms with Crippen molar-refractivity contribution >= 4 is 17.8 Å². The molecule has 0 aromatic heterocycles. The molecule has 1 fully saturated rings. The van der Waals surface area contributed by atoms with Gasteiger partial charge < -0.3 is 15.3 Å². The normalized spacial score (nSPS) is 18.5. The van der Waals surface area contributed by atoms with Gasteiger partial charge in [0.1, 0.15) is 6.04 Å². The zero-order valence-electron chi connectivity index (χ0n) is 16.1. The van der Waals surface area contributed by atoms with E-state index < -0.39 is 12.0 Å². The third-order valence-electron chi connectivity index (χ3n) is 4.94. The first kappa shape index (κ1) is 20.9. The zero-order chi connectivity index (χ0) is 19.8. The second-order valence-electron chi connectivity index (χ2n) is 7.09. The van der Waals surface area contributed by atoms with E-state index in [1.807, 2.05) is 18.2 Å². The summed E-state index contributed by atoms with van der Waals surface area (Å²) < 4.78 is 0. The van der Waals surface area contributed by atoms with Gasteiger partial charge in [-0.2, -0.15) is 0 Å². The highest BCUT2D eigenvalue weighted by molar-refractivity contribution is 5.85. The van der Waals surface area contributed by atoms with E-state index >= 15 is 0 Å². The lowest BCUT2D eigenvalue weighted by molar-refractivity contribution is -0.152. The van der Waals surface area contributed by atoms with Crippen molar-refractivity contribution in [1.29, 1.82) is 0 Å². The Morgan fingerprint density at radius 2 is 2.00 bits per heavy atom. The Morgan fingerprint density at radius 3 is 2.63 bits per heavy atom. The number of nitrogens with zero attached hydrogens (tertiary/aromatic N) is 2. The number of hydrogen-bond acceptors (Lipinski definition) is 4. The highest BCUT2D eigenvalue weighted by atomic mass is 16.4. The van der Waals surface area contributed by atoms with Gasteiger partial charge in [-0.1, -0.05) is 30.3 Å². The van der Waals surface area contributed by atoms with Crippen LogP contribution in [0, 0.1) is 5.92 Å². The Balaban J connectivity index is 2.01. The van der Waals surface area contributed by atoms with Crippen LogP contribution in [-0.2, 0) is 20.9 Å². The van der Waals surface area contributed by atoms with Gasteiger partial charge in [-0.15, -0.1) is 0 Å². The summed E-state index contributed by atoms with van der Waals surface area (Å²) in [6, 6.07) is 9.19. The van der Waals surface area contributed by atoms with Crippen molar-refractivity contribution in [2.24, 2.45) is 5.92 Å². The molecule has 1 aliphatic heterocycles. The minimum atomic E-state index is -1.04.